The number of amides is 1. The quantitative estimate of drug-likeness (QED) is 0.749. The van der Waals surface area contributed by atoms with Crippen LogP contribution in [0.15, 0.2) is 12.1 Å². The third-order valence-electron chi connectivity index (χ3n) is 6.97. The molecule has 1 aromatic carbocycles. The first-order valence-electron chi connectivity index (χ1n) is 10.4. The van der Waals surface area contributed by atoms with Crippen LogP contribution in [0.5, 0.6) is 0 Å². The molecule has 2 bridgehead atoms. The molecule has 2 aliphatic carbocycles. The minimum atomic E-state index is -3.37. The van der Waals surface area contributed by atoms with E-state index < -0.39 is 15.2 Å². The Bertz CT molecular complexity index is 1080. The highest BCUT2D eigenvalue weighted by molar-refractivity contribution is 7.90. The molecule has 1 heterocycles. The smallest absolute Gasteiger partial charge is 0.253 e. The molecule has 2 aromatic rings. The second-order valence-corrected chi connectivity index (χ2v) is 11.8. The van der Waals surface area contributed by atoms with Crippen LogP contribution < -0.4 is 5.32 Å². The third kappa shape index (κ3) is 3.59. The molecule has 0 saturated heterocycles. The van der Waals surface area contributed by atoms with Crippen molar-refractivity contribution in [3.8, 4) is 0 Å². The number of aryl methyl sites for hydroxylation is 1. The van der Waals surface area contributed by atoms with Gasteiger partial charge in [-0.25, -0.2) is 8.42 Å². The predicted octanol–water partition coefficient (Wildman–Crippen LogP) is 4.78. The second kappa shape index (κ2) is 7.31. The van der Waals surface area contributed by atoms with E-state index in [-0.39, 0.29) is 11.9 Å². The molecule has 1 amide bonds. The van der Waals surface area contributed by atoms with E-state index in [0.29, 0.717) is 27.2 Å². The van der Waals surface area contributed by atoms with Crippen LogP contribution in [0, 0.1) is 25.7 Å². The van der Waals surface area contributed by atoms with Gasteiger partial charge in [-0.2, -0.15) is 0 Å². The van der Waals surface area contributed by atoms with Crippen LogP contribution in [0.25, 0.3) is 10.9 Å². The van der Waals surface area contributed by atoms with Crippen molar-refractivity contribution in [3.63, 3.8) is 0 Å². The van der Waals surface area contributed by atoms with Crippen molar-refractivity contribution in [3.05, 3.63) is 34.0 Å². The van der Waals surface area contributed by atoms with E-state index in [9.17, 15) is 13.2 Å². The predicted molar refractivity (Wildman–Crippen MR) is 117 cm³/mol. The lowest BCUT2D eigenvalue weighted by Crippen LogP contribution is -2.39. The molecule has 3 atom stereocenters. The molecule has 7 heteroatoms. The number of sulfone groups is 1. The molecule has 2 saturated carbocycles. The number of carbonyl (C=O) groups excluding carboxylic acids is 1. The summed E-state index contributed by atoms with van der Waals surface area (Å²) in [5, 5.41) is 3.65. The first-order chi connectivity index (χ1) is 13.6. The Morgan fingerprint density at radius 3 is 2.38 bits per heavy atom. The molecule has 0 spiro atoms. The molecule has 2 fully saturated rings. The average Bonchev–Trinajstić information content (AvgIpc) is 3.13. The van der Waals surface area contributed by atoms with Crippen molar-refractivity contribution >= 4 is 38.2 Å². The maximum absolute atomic E-state index is 13.3. The van der Waals surface area contributed by atoms with E-state index in [4.69, 9.17) is 11.6 Å². The van der Waals surface area contributed by atoms with Crippen LogP contribution in [0.3, 0.4) is 0 Å². The third-order valence-corrected chi connectivity index (χ3v) is 8.90. The second-order valence-electron chi connectivity index (χ2n) is 9.04. The van der Waals surface area contributed by atoms with E-state index in [0.717, 1.165) is 30.2 Å². The van der Waals surface area contributed by atoms with E-state index in [1.807, 2.05) is 26.0 Å². The number of carbonyl (C=O) groups is 1. The van der Waals surface area contributed by atoms with Crippen LogP contribution in [-0.4, -0.2) is 31.2 Å². The molecular weight excluding hydrogens is 408 g/mol. The summed E-state index contributed by atoms with van der Waals surface area (Å²) in [6, 6.07) is 3.96. The zero-order valence-corrected chi connectivity index (χ0v) is 19.0. The normalized spacial score (nSPS) is 25.3. The van der Waals surface area contributed by atoms with E-state index in [2.05, 4.69) is 5.32 Å². The van der Waals surface area contributed by atoms with Gasteiger partial charge in [-0.15, -0.1) is 0 Å². The van der Waals surface area contributed by atoms with Gasteiger partial charge in [-0.1, -0.05) is 36.6 Å². The Morgan fingerprint density at radius 2 is 1.79 bits per heavy atom. The van der Waals surface area contributed by atoms with Crippen LogP contribution in [-0.2, 0) is 9.84 Å². The van der Waals surface area contributed by atoms with Crippen molar-refractivity contribution in [2.75, 3.05) is 6.26 Å². The van der Waals surface area contributed by atoms with Gasteiger partial charge < -0.3 is 9.88 Å². The van der Waals surface area contributed by atoms with E-state index >= 15 is 0 Å². The van der Waals surface area contributed by atoms with Crippen molar-refractivity contribution in [1.82, 2.24) is 9.88 Å². The fourth-order valence-electron chi connectivity index (χ4n) is 5.40. The lowest BCUT2D eigenvalue weighted by atomic mass is 9.85. The first kappa shape index (κ1) is 20.7. The van der Waals surface area contributed by atoms with Crippen molar-refractivity contribution < 1.29 is 13.2 Å². The molecular formula is C22H29ClN2O3S. The van der Waals surface area contributed by atoms with Gasteiger partial charge in [0.05, 0.1) is 16.1 Å². The van der Waals surface area contributed by atoms with E-state index in [1.54, 1.807) is 11.5 Å². The zero-order valence-electron chi connectivity index (χ0n) is 17.5. The summed E-state index contributed by atoms with van der Waals surface area (Å²) in [5.41, 5.74) is 2.66. The number of fused-ring (bicyclic) bond motifs is 3. The molecule has 4 rings (SSSR count). The number of aromatic nitrogens is 1. The molecule has 3 unspecified atom stereocenters. The van der Waals surface area contributed by atoms with Crippen molar-refractivity contribution in [1.29, 1.82) is 0 Å². The van der Waals surface area contributed by atoms with E-state index in [1.165, 1.54) is 25.5 Å². The first-order valence-corrected chi connectivity index (χ1v) is 12.7. The molecule has 5 nitrogen and oxygen atoms in total. The topological polar surface area (TPSA) is 68.2 Å². The summed E-state index contributed by atoms with van der Waals surface area (Å²) in [6.07, 6.45) is 7.14. The standard InChI is InChI=1S/C22H29ClN2O3S/c1-12-5-8-18-19(22(26)24-17-10-15-6-7-16(9-15)11-17)13(2)25(21(18)20(12)23)14(3)29(4,27)28/h5,8,14-17H,6-7,9-11H2,1-4H3,(H,24,26). The zero-order chi connectivity index (χ0) is 21.1. The maximum atomic E-state index is 13.3. The van der Waals surface area contributed by atoms with Crippen LogP contribution in [0.1, 0.15) is 66.0 Å². The highest BCUT2D eigenvalue weighted by Crippen LogP contribution is 2.42. The van der Waals surface area contributed by atoms with Crippen LogP contribution >= 0.6 is 11.6 Å². The van der Waals surface area contributed by atoms with Crippen molar-refractivity contribution in [2.45, 2.75) is 64.3 Å². The Morgan fingerprint density at radius 1 is 1.17 bits per heavy atom. The van der Waals surface area contributed by atoms with Crippen molar-refractivity contribution in [2.24, 2.45) is 11.8 Å². The molecule has 1 N–H and O–H groups in total. The number of nitrogens with zero attached hydrogens (tertiary/aromatic N) is 1. The fraction of sp³-hybridized carbons (Fsp3) is 0.591. The molecule has 29 heavy (non-hydrogen) atoms. The summed E-state index contributed by atoms with van der Waals surface area (Å²) in [5.74, 6) is 1.32. The van der Waals surface area contributed by atoms with Gasteiger partial charge in [0.15, 0.2) is 9.84 Å². The summed E-state index contributed by atoms with van der Waals surface area (Å²) in [4.78, 5) is 13.3. The molecule has 2 aliphatic rings. The largest absolute Gasteiger partial charge is 0.349 e. The fourth-order valence-corrected chi connectivity index (χ4v) is 6.30. The van der Waals surface area contributed by atoms with Gasteiger partial charge in [0.25, 0.3) is 5.91 Å². The SMILES string of the molecule is Cc1ccc2c(C(=O)NC3CC4CCC(C4)C3)c(C)n(C(C)S(C)(=O)=O)c2c1Cl. The van der Waals surface area contributed by atoms with Crippen LogP contribution in [0.4, 0.5) is 0 Å². The molecule has 158 valence electrons. The summed E-state index contributed by atoms with van der Waals surface area (Å²) < 4.78 is 26.4. The highest BCUT2D eigenvalue weighted by Gasteiger charge is 2.36. The molecule has 0 aliphatic heterocycles. The van der Waals surface area contributed by atoms with Crippen LogP contribution in [0.2, 0.25) is 5.02 Å². The summed E-state index contributed by atoms with van der Waals surface area (Å²) in [7, 11) is -3.37. The average molecular weight is 437 g/mol. The van der Waals surface area contributed by atoms with Gasteiger partial charge in [0.2, 0.25) is 0 Å². The summed E-state index contributed by atoms with van der Waals surface area (Å²) in [6.45, 7) is 5.34. The molecule has 0 radical (unpaired) electrons. The Hall–Kier alpha value is -1.53. The van der Waals surface area contributed by atoms with Gasteiger partial charge in [0, 0.05) is 23.4 Å². The lowest BCUT2D eigenvalue weighted by Gasteiger charge is -2.28. The van der Waals surface area contributed by atoms with Gasteiger partial charge in [-0.05, 0) is 57.4 Å². The Kier molecular flexibility index (Phi) is 5.23. The van der Waals surface area contributed by atoms with Gasteiger partial charge in [-0.3, -0.25) is 4.79 Å². The number of nitrogens with one attached hydrogen (secondary N) is 1. The Labute approximate surface area is 177 Å². The Balaban J connectivity index is 1.79. The van der Waals surface area contributed by atoms with Gasteiger partial charge in [0.1, 0.15) is 5.37 Å². The number of halogens is 1. The monoisotopic (exact) mass is 436 g/mol. The minimum absolute atomic E-state index is 0.127. The van der Waals surface area contributed by atoms with Gasteiger partial charge >= 0.3 is 0 Å². The lowest BCUT2D eigenvalue weighted by molar-refractivity contribution is 0.0919. The number of rotatable bonds is 4. The summed E-state index contributed by atoms with van der Waals surface area (Å²) >= 11 is 6.61. The highest BCUT2D eigenvalue weighted by atomic mass is 35.5. The minimum Gasteiger partial charge on any atom is -0.349 e. The molecule has 1 aromatic heterocycles. The number of benzene rings is 1. The maximum Gasteiger partial charge on any atom is 0.253 e. The number of hydrogen-bond donors (Lipinski definition) is 1. The number of hydrogen-bond acceptors (Lipinski definition) is 3.